The van der Waals surface area contributed by atoms with Crippen molar-refractivity contribution in [2.24, 2.45) is 0 Å². The van der Waals surface area contributed by atoms with Crippen LogP contribution in [0.4, 0.5) is 0 Å². The average Bonchev–Trinajstić information content (AvgIpc) is 3.05. The standard InChI is InChI=1S/C21H26O5/c1-19(2)6-5-15-17(25-19)4-3-14-16(22)13-20(26-18(14)15)7-9-21(10-8-20)23-11-12-24-21/h3-4H,5-13H2,1-2H3. The van der Waals surface area contributed by atoms with Gasteiger partial charge in [0.05, 0.1) is 25.2 Å². The molecule has 1 aliphatic carbocycles. The highest BCUT2D eigenvalue weighted by molar-refractivity contribution is 6.01. The van der Waals surface area contributed by atoms with Crippen LogP contribution in [0.3, 0.4) is 0 Å². The zero-order valence-corrected chi connectivity index (χ0v) is 15.6. The Kier molecular flexibility index (Phi) is 3.48. The molecule has 1 aromatic rings. The van der Waals surface area contributed by atoms with Gasteiger partial charge in [-0.15, -0.1) is 0 Å². The second kappa shape index (κ2) is 5.46. The SMILES string of the molecule is CC1(C)CCc2c(ccc3c2OC2(CCC4(CC2)OCCO4)CC3=O)O1. The zero-order valence-electron chi connectivity index (χ0n) is 15.6. The van der Waals surface area contributed by atoms with E-state index in [0.29, 0.717) is 25.2 Å². The van der Waals surface area contributed by atoms with E-state index in [1.54, 1.807) is 0 Å². The molecule has 5 heteroatoms. The first-order chi connectivity index (χ1) is 12.4. The lowest BCUT2D eigenvalue weighted by Gasteiger charge is -2.46. The Morgan fingerprint density at radius 1 is 0.923 bits per heavy atom. The van der Waals surface area contributed by atoms with Crippen molar-refractivity contribution in [3.63, 3.8) is 0 Å². The highest BCUT2D eigenvalue weighted by atomic mass is 16.7. The zero-order chi connectivity index (χ0) is 18.0. The fraction of sp³-hybridized carbons (Fsp3) is 0.667. The van der Waals surface area contributed by atoms with E-state index in [1.165, 1.54) is 0 Å². The molecule has 2 spiro atoms. The van der Waals surface area contributed by atoms with Crippen molar-refractivity contribution in [1.82, 2.24) is 0 Å². The van der Waals surface area contributed by atoms with E-state index in [4.69, 9.17) is 18.9 Å². The van der Waals surface area contributed by atoms with Crippen LogP contribution in [-0.4, -0.2) is 36.0 Å². The summed E-state index contributed by atoms with van der Waals surface area (Å²) in [5.41, 5.74) is 1.17. The van der Waals surface area contributed by atoms with E-state index in [1.807, 2.05) is 12.1 Å². The van der Waals surface area contributed by atoms with E-state index in [-0.39, 0.29) is 11.4 Å². The summed E-state index contributed by atoms with van der Waals surface area (Å²) < 4.78 is 24.4. The summed E-state index contributed by atoms with van der Waals surface area (Å²) in [4.78, 5) is 12.9. The molecule has 0 amide bonds. The number of fused-ring (bicyclic) bond motifs is 3. The Bertz CT molecular complexity index is 750. The van der Waals surface area contributed by atoms with Gasteiger partial charge in [-0.25, -0.2) is 0 Å². The molecule has 1 saturated heterocycles. The number of ether oxygens (including phenoxy) is 4. The van der Waals surface area contributed by atoms with Crippen LogP contribution < -0.4 is 9.47 Å². The minimum atomic E-state index is -0.443. The monoisotopic (exact) mass is 358 g/mol. The summed E-state index contributed by atoms with van der Waals surface area (Å²) in [6.07, 6.45) is 5.39. The number of hydrogen-bond acceptors (Lipinski definition) is 5. The molecule has 5 rings (SSSR count). The largest absolute Gasteiger partial charge is 0.487 e. The average molecular weight is 358 g/mol. The molecule has 0 radical (unpaired) electrons. The molecular weight excluding hydrogens is 332 g/mol. The first-order valence-corrected chi connectivity index (χ1v) is 9.75. The van der Waals surface area contributed by atoms with Gasteiger partial charge in [0.2, 0.25) is 0 Å². The maximum Gasteiger partial charge on any atom is 0.170 e. The fourth-order valence-electron chi connectivity index (χ4n) is 4.84. The molecule has 1 saturated carbocycles. The molecule has 26 heavy (non-hydrogen) atoms. The number of Topliss-reactive ketones (excluding diaryl/α,β-unsaturated/α-hetero) is 1. The summed E-state index contributed by atoms with van der Waals surface area (Å²) in [5, 5.41) is 0. The van der Waals surface area contributed by atoms with Gasteiger partial charge in [0, 0.05) is 18.4 Å². The first kappa shape index (κ1) is 16.6. The number of benzene rings is 1. The molecular formula is C21H26O5. The molecule has 1 aromatic carbocycles. The summed E-state index contributed by atoms with van der Waals surface area (Å²) in [5.74, 6) is 1.36. The molecule has 0 atom stereocenters. The van der Waals surface area contributed by atoms with E-state index in [0.717, 1.165) is 55.6 Å². The molecule has 0 N–H and O–H groups in total. The van der Waals surface area contributed by atoms with Crippen LogP contribution in [0.15, 0.2) is 12.1 Å². The molecule has 3 aliphatic heterocycles. The van der Waals surface area contributed by atoms with Crippen LogP contribution in [-0.2, 0) is 15.9 Å². The van der Waals surface area contributed by atoms with Crippen LogP contribution in [0.5, 0.6) is 11.5 Å². The second-order valence-electron chi connectivity index (χ2n) is 8.77. The van der Waals surface area contributed by atoms with Crippen LogP contribution in [0.25, 0.3) is 0 Å². The van der Waals surface area contributed by atoms with Crippen LogP contribution >= 0.6 is 0 Å². The van der Waals surface area contributed by atoms with Gasteiger partial charge in [0.1, 0.15) is 22.7 Å². The molecule has 2 fully saturated rings. The molecule has 140 valence electrons. The van der Waals surface area contributed by atoms with Crippen molar-refractivity contribution in [3.05, 3.63) is 23.3 Å². The lowest BCUT2D eigenvalue weighted by Crippen LogP contribution is -2.50. The normalized spacial score (nSPS) is 27.5. The van der Waals surface area contributed by atoms with Gasteiger partial charge in [-0.2, -0.15) is 0 Å². The summed E-state index contributed by atoms with van der Waals surface area (Å²) >= 11 is 0. The number of rotatable bonds is 0. The second-order valence-corrected chi connectivity index (χ2v) is 8.77. The Balaban J connectivity index is 1.46. The molecule has 5 nitrogen and oxygen atoms in total. The predicted molar refractivity (Wildman–Crippen MR) is 94.9 cm³/mol. The van der Waals surface area contributed by atoms with Crippen molar-refractivity contribution < 1.29 is 23.7 Å². The van der Waals surface area contributed by atoms with Crippen LogP contribution in [0.2, 0.25) is 0 Å². The number of carbonyl (C=O) groups is 1. The first-order valence-electron chi connectivity index (χ1n) is 9.75. The van der Waals surface area contributed by atoms with E-state index < -0.39 is 11.4 Å². The molecule has 0 aromatic heterocycles. The Morgan fingerprint density at radius 2 is 1.65 bits per heavy atom. The highest BCUT2D eigenvalue weighted by Crippen LogP contribution is 2.50. The van der Waals surface area contributed by atoms with Gasteiger partial charge < -0.3 is 18.9 Å². The third-order valence-corrected chi connectivity index (χ3v) is 6.42. The van der Waals surface area contributed by atoms with Gasteiger partial charge in [-0.3, -0.25) is 4.79 Å². The van der Waals surface area contributed by atoms with E-state index >= 15 is 0 Å². The Labute approximate surface area is 153 Å². The third-order valence-electron chi connectivity index (χ3n) is 6.42. The van der Waals surface area contributed by atoms with Gasteiger partial charge in [-0.05, 0) is 51.7 Å². The van der Waals surface area contributed by atoms with Crippen LogP contribution in [0, 0.1) is 0 Å². The quantitative estimate of drug-likeness (QED) is 0.706. The smallest absolute Gasteiger partial charge is 0.170 e. The molecule has 3 heterocycles. The Hall–Kier alpha value is -1.59. The summed E-state index contributed by atoms with van der Waals surface area (Å²) in [7, 11) is 0. The molecule has 0 bridgehead atoms. The van der Waals surface area contributed by atoms with Gasteiger partial charge in [0.25, 0.3) is 0 Å². The minimum Gasteiger partial charge on any atom is -0.487 e. The molecule has 0 unspecified atom stereocenters. The lowest BCUT2D eigenvalue weighted by molar-refractivity contribution is -0.199. The maximum absolute atomic E-state index is 12.9. The minimum absolute atomic E-state index is 0.175. The van der Waals surface area contributed by atoms with Crippen molar-refractivity contribution in [1.29, 1.82) is 0 Å². The number of carbonyl (C=O) groups excluding carboxylic acids is 1. The summed E-state index contributed by atoms with van der Waals surface area (Å²) in [6, 6.07) is 3.81. The number of hydrogen-bond donors (Lipinski definition) is 0. The van der Waals surface area contributed by atoms with Crippen molar-refractivity contribution >= 4 is 5.78 Å². The van der Waals surface area contributed by atoms with Gasteiger partial charge in [0.15, 0.2) is 11.6 Å². The fourth-order valence-corrected chi connectivity index (χ4v) is 4.84. The topological polar surface area (TPSA) is 54.0 Å². The van der Waals surface area contributed by atoms with Crippen molar-refractivity contribution in [2.45, 2.75) is 75.8 Å². The van der Waals surface area contributed by atoms with Crippen molar-refractivity contribution in [3.8, 4) is 11.5 Å². The third kappa shape index (κ3) is 2.55. The highest BCUT2D eigenvalue weighted by Gasteiger charge is 2.51. The molecule has 4 aliphatic rings. The van der Waals surface area contributed by atoms with Gasteiger partial charge >= 0.3 is 0 Å². The summed E-state index contributed by atoms with van der Waals surface area (Å²) in [6.45, 7) is 5.53. The Morgan fingerprint density at radius 3 is 2.38 bits per heavy atom. The maximum atomic E-state index is 12.9. The van der Waals surface area contributed by atoms with Gasteiger partial charge in [-0.1, -0.05) is 0 Å². The van der Waals surface area contributed by atoms with E-state index in [9.17, 15) is 4.79 Å². The van der Waals surface area contributed by atoms with Crippen LogP contribution in [0.1, 0.15) is 68.3 Å². The predicted octanol–water partition coefficient (Wildman–Crippen LogP) is 3.81. The van der Waals surface area contributed by atoms with E-state index in [2.05, 4.69) is 13.8 Å². The van der Waals surface area contributed by atoms with Crippen molar-refractivity contribution in [2.75, 3.05) is 13.2 Å². The number of ketones is 1. The lowest BCUT2D eigenvalue weighted by atomic mass is 9.75.